The highest BCUT2D eigenvalue weighted by Gasteiger charge is 2.23. The molecule has 2 rings (SSSR count). The van der Waals surface area contributed by atoms with Gasteiger partial charge in [-0.05, 0) is 12.5 Å². The van der Waals surface area contributed by atoms with Gasteiger partial charge in [0.2, 0.25) is 0 Å². The van der Waals surface area contributed by atoms with E-state index in [9.17, 15) is 8.42 Å². The molecular weight excluding hydrogens is 282 g/mol. The molecule has 2 heterocycles. The van der Waals surface area contributed by atoms with E-state index >= 15 is 0 Å². The Kier molecular flexibility index (Phi) is 4.81. The van der Waals surface area contributed by atoms with Crippen molar-refractivity contribution in [3.63, 3.8) is 0 Å². The van der Waals surface area contributed by atoms with E-state index in [0.717, 1.165) is 23.9 Å². The highest BCUT2D eigenvalue weighted by molar-refractivity contribution is 7.91. The summed E-state index contributed by atoms with van der Waals surface area (Å²) in [6, 6.07) is 0. The van der Waals surface area contributed by atoms with Gasteiger partial charge in [0.15, 0.2) is 15.0 Å². The van der Waals surface area contributed by atoms with Crippen LogP contribution in [0.4, 0.5) is 5.13 Å². The minimum atomic E-state index is -2.82. The van der Waals surface area contributed by atoms with E-state index in [1.165, 1.54) is 0 Å². The predicted octanol–water partition coefficient (Wildman–Crippen LogP) is 1.12. The molecular formula is C12H21N3O2S2. The van der Waals surface area contributed by atoms with Crippen molar-refractivity contribution < 1.29 is 8.42 Å². The van der Waals surface area contributed by atoms with Gasteiger partial charge in [-0.1, -0.05) is 13.8 Å². The van der Waals surface area contributed by atoms with E-state index in [1.807, 2.05) is 5.38 Å². The maximum Gasteiger partial charge on any atom is 0.185 e. The first-order chi connectivity index (χ1) is 8.96. The van der Waals surface area contributed by atoms with Crippen molar-refractivity contribution in [2.45, 2.75) is 20.4 Å². The third-order valence-electron chi connectivity index (χ3n) is 3.01. The van der Waals surface area contributed by atoms with Crippen molar-refractivity contribution >= 4 is 26.3 Å². The van der Waals surface area contributed by atoms with Crippen LogP contribution in [0.1, 0.15) is 19.5 Å². The van der Waals surface area contributed by atoms with Gasteiger partial charge in [0.05, 0.1) is 17.2 Å². The van der Waals surface area contributed by atoms with E-state index in [1.54, 1.807) is 11.3 Å². The molecule has 0 atom stereocenters. The molecule has 0 amide bonds. The number of thiazole rings is 1. The fraction of sp³-hybridized carbons (Fsp3) is 0.750. The van der Waals surface area contributed by atoms with Crippen molar-refractivity contribution in [2.75, 3.05) is 36.0 Å². The zero-order valence-corrected chi connectivity index (χ0v) is 13.1. The minimum absolute atomic E-state index is 0.244. The Labute approximate surface area is 119 Å². The molecule has 108 valence electrons. The summed E-state index contributed by atoms with van der Waals surface area (Å²) >= 11 is 1.60. The van der Waals surface area contributed by atoms with Crippen LogP contribution in [0, 0.1) is 5.92 Å². The standard InChI is InChI=1S/C12H21N3O2S2/c1-10(2)7-13-8-11-9-18-12(14-11)15-3-5-19(16,17)6-4-15/h9-10,13H,3-8H2,1-2H3. The molecule has 1 aromatic heterocycles. The van der Waals surface area contributed by atoms with E-state index in [0.29, 0.717) is 19.0 Å². The number of rotatable bonds is 5. The molecule has 1 fully saturated rings. The molecule has 1 aliphatic rings. The van der Waals surface area contributed by atoms with Crippen LogP contribution < -0.4 is 10.2 Å². The minimum Gasteiger partial charge on any atom is -0.346 e. The molecule has 0 spiro atoms. The van der Waals surface area contributed by atoms with Gasteiger partial charge in [0.1, 0.15) is 0 Å². The van der Waals surface area contributed by atoms with E-state index in [2.05, 4.69) is 29.0 Å². The normalized spacial score (nSPS) is 19.0. The molecule has 0 radical (unpaired) electrons. The molecule has 1 aromatic rings. The first-order valence-electron chi connectivity index (χ1n) is 6.57. The van der Waals surface area contributed by atoms with Crippen LogP contribution in [0.2, 0.25) is 0 Å². The molecule has 19 heavy (non-hydrogen) atoms. The molecule has 1 N–H and O–H groups in total. The van der Waals surface area contributed by atoms with Gasteiger partial charge < -0.3 is 10.2 Å². The molecule has 0 bridgehead atoms. The zero-order chi connectivity index (χ0) is 13.9. The van der Waals surface area contributed by atoms with Crippen molar-refractivity contribution in [3.05, 3.63) is 11.1 Å². The lowest BCUT2D eigenvalue weighted by molar-refractivity contribution is 0.549. The van der Waals surface area contributed by atoms with Gasteiger partial charge in [-0.3, -0.25) is 0 Å². The Morgan fingerprint density at radius 1 is 1.42 bits per heavy atom. The van der Waals surface area contributed by atoms with Crippen LogP contribution in [0.15, 0.2) is 5.38 Å². The second-order valence-corrected chi connectivity index (χ2v) is 8.43. The highest BCUT2D eigenvalue weighted by atomic mass is 32.2. The van der Waals surface area contributed by atoms with Crippen LogP contribution in [0.5, 0.6) is 0 Å². The zero-order valence-electron chi connectivity index (χ0n) is 11.4. The summed E-state index contributed by atoms with van der Waals surface area (Å²) in [5.41, 5.74) is 1.04. The molecule has 0 saturated carbocycles. The second-order valence-electron chi connectivity index (χ2n) is 5.29. The maximum atomic E-state index is 11.4. The number of nitrogens with one attached hydrogen (secondary N) is 1. The summed E-state index contributed by atoms with van der Waals surface area (Å²) in [6.45, 7) is 7.24. The van der Waals surface area contributed by atoms with E-state index in [4.69, 9.17) is 0 Å². The number of anilines is 1. The predicted molar refractivity (Wildman–Crippen MR) is 79.5 cm³/mol. The number of sulfone groups is 1. The quantitative estimate of drug-likeness (QED) is 0.883. The number of hydrogen-bond donors (Lipinski definition) is 1. The van der Waals surface area contributed by atoms with Crippen molar-refractivity contribution in [2.24, 2.45) is 5.92 Å². The summed E-state index contributed by atoms with van der Waals surface area (Å²) in [5, 5.41) is 6.35. The van der Waals surface area contributed by atoms with Crippen molar-refractivity contribution in [3.8, 4) is 0 Å². The summed E-state index contributed by atoms with van der Waals surface area (Å²) < 4.78 is 22.8. The average molecular weight is 303 g/mol. The van der Waals surface area contributed by atoms with Gasteiger partial charge in [-0.2, -0.15) is 0 Å². The number of aromatic nitrogens is 1. The van der Waals surface area contributed by atoms with Crippen LogP contribution >= 0.6 is 11.3 Å². The number of hydrogen-bond acceptors (Lipinski definition) is 6. The third-order valence-corrected chi connectivity index (χ3v) is 5.57. The largest absolute Gasteiger partial charge is 0.346 e. The highest BCUT2D eigenvalue weighted by Crippen LogP contribution is 2.22. The van der Waals surface area contributed by atoms with Crippen LogP contribution in [0.3, 0.4) is 0 Å². The van der Waals surface area contributed by atoms with Gasteiger partial charge in [0, 0.05) is 25.0 Å². The maximum absolute atomic E-state index is 11.4. The van der Waals surface area contributed by atoms with Crippen molar-refractivity contribution in [1.29, 1.82) is 0 Å². The van der Waals surface area contributed by atoms with Crippen molar-refractivity contribution in [1.82, 2.24) is 10.3 Å². The van der Waals surface area contributed by atoms with Gasteiger partial charge in [-0.25, -0.2) is 13.4 Å². The Bertz CT molecular complexity index is 497. The molecule has 1 saturated heterocycles. The summed E-state index contributed by atoms with van der Waals surface area (Å²) in [7, 11) is -2.82. The lowest BCUT2D eigenvalue weighted by Gasteiger charge is -2.25. The molecule has 0 aliphatic carbocycles. The van der Waals surface area contributed by atoms with E-state index in [-0.39, 0.29) is 11.5 Å². The molecule has 0 aromatic carbocycles. The third kappa shape index (κ3) is 4.43. The van der Waals surface area contributed by atoms with Gasteiger partial charge >= 0.3 is 0 Å². The topological polar surface area (TPSA) is 62.3 Å². The fourth-order valence-electron chi connectivity index (χ4n) is 1.92. The van der Waals surface area contributed by atoms with E-state index < -0.39 is 9.84 Å². The smallest absolute Gasteiger partial charge is 0.185 e. The monoisotopic (exact) mass is 303 g/mol. The summed E-state index contributed by atoms with van der Waals surface area (Å²) in [5.74, 6) is 1.12. The van der Waals surface area contributed by atoms with Crippen LogP contribution in [0.25, 0.3) is 0 Å². The molecule has 0 unspecified atom stereocenters. The Hall–Kier alpha value is -0.660. The first kappa shape index (κ1) is 14.7. The molecule has 1 aliphatic heterocycles. The SMILES string of the molecule is CC(C)CNCc1csc(N2CCS(=O)(=O)CC2)n1. The fourth-order valence-corrected chi connectivity index (χ4v) is 4.00. The Morgan fingerprint density at radius 2 is 2.11 bits per heavy atom. The number of nitrogens with zero attached hydrogens (tertiary/aromatic N) is 2. The van der Waals surface area contributed by atoms with Gasteiger partial charge in [0.25, 0.3) is 0 Å². The lowest BCUT2D eigenvalue weighted by atomic mass is 10.2. The average Bonchev–Trinajstić information content (AvgIpc) is 2.77. The van der Waals surface area contributed by atoms with Gasteiger partial charge in [-0.15, -0.1) is 11.3 Å². The summed E-state index contributed by atoms with van der Waals surface area (Å²) in [6.07, 6.45) is 0. The molecule has 7 heteroatoms. The second kappa shape index (κ2) is 6.19. The Balaban J connectivity index is 1.87. The lowest BCUT2D eigenvalue weighted by Crippen LogP contribution is -2.40. The van der Waals surface area contributed by atoms with Crippen LogP contribution in [-0.2, 0) is 16.4 Å². The Morgan fingerprint density at radius 3 is 2.74 bits per heavy atom. The molecule has 5 nitrogen and oxygen atoms in total. The summed E-state index contributed by atoms with van der Waals surface area (Å²) in [4.78, 5) is 6.63. The van der Waals surface area contributed by atoms with Crippen LogP contribution in [-0.4, -0.2) is 44.5 Å². The first-order valence-corrected chi connectivity index (χ1v) is 9.27.